The van der Waals surface area contributed by atoms with E-state index in [2.05, 4.69) is 4.72 Å². The summed E-state index contributed by atoms with van der Waals surface area (Å²) in [7, 11) is -3.86. The second kappa shape index (κ2) is 5.71. The third kappa shape index (κ3) is 3.32. The van der Waals surface area contributed by atoms with Crippen molar-refractivity contribution in [2.75, 3.05) is 4.72 Å². The van der Waals surface area contributed by atoms with Gasteiger partial charge in [0.1, 0.15) is 0 Å². The summed E-state index contributed by atoms with van der Waals surface area (Å²) < 4.78 is 26.9. The van der Waals surface area contributed by atoms with E-state index in [0.717, 1.165) is 12.1 Å². The number of halogens is 1. The van der Waals surface area contributed by atoms with Gasteiger partial charge in [0.05, 0.1) is 20.5 Å². The third-order valence-electron chi connectivity index (χ3n) is 2.82. The van der Waals surface area contributed by atoms with E-state index in [1.807, 2.05) is 0 Å². The summed E-state index contributed by atoms with van der Waals surface area (Å²) in [5, 5.41) is 10.8. The van der Waals surface area contributed by atoms with Crippen LogP contribution in [0.15, 0.2) is 47.4 Å². The Morgan fingerprint density at radius 2 is 1.76 bits per heavy atom. The van der Waals surface area contributed by atoms with Crippen LogP contribution in [0.1, 0.15) is 5.56 Å². The van der Waals surface area contributed by atoms with Gasteiger partial charge >= 0.3 is 0 Å². The zero-order valence-electron chi connectivity index (χ0n) is 10.9. The fourth-order valence-electron chi connectivity index (χ4n) is 1.70. The lowest BCUT2D eigenvalue weighted by molar-refractivity contribution is -0.384. The van der Waals surface area contributed by atoms with Crippen LogP contribution in [0.2, 0.25) is 5.02 Å². The minimum atomic E-state index is -3.86. The van der Waals surface area contributed by atoms with Crippen molar-refractivity contribution in [1.82, 2.24) is 0 Å². The molecule has 21 heavy (non-hydrogen) atoms. The standard InChI is InChI=1S/C13H11ClN2O4S/c1-9-3-2-4-12(14)13(9)15-21(19,20)11-7-5-10(6-8-11)16(17)18/h2-8,15H,1H3. The first kappa shape index (κ1) is 15.3. The summed E-state index contributed by atoms with van der Waals surface area (Å²) in [6.45, 7) is 1.72. The normalized spacial score (nSPS) is 11.1. The Balaban J connectivity index is 2.36. The molecule has 0 aliphatic heterocycles. The number of non-ortho nitro benzene ring substituents is 1. The molecule has 0 aromatic heterocycles. The van der Waals surface area contributed by atoms with E-state index in [1.54, 1.807) is 25.1 Å². The van der Waals surface area contributed by atoms with Gasteiger partial charge in [0.25, 0.3) is 15.7 Å². The van der Waals surface area contributed by atoms with Crippen LogP contribution < -0.4 is 4.72 Å². The number of hydrogen-bond acceptors (Lipinski definition) is 4. The number of nitrogens with one attached hydrogen (secondary N) is 1. The minimum absolute atomic E-state index is 0.0765. The van der Waals surface area contributed by atoms with Crippen LogP contribution in [0.5, 0.6) is 0 Å². The van der Waals surface area contributed by atoms with Crippen LogP contribution in [0.4, 0.5) is 11.4 Å². The summed E-state index contributed by atoms with van der Waals surface area (Å²) in [4.78, 5) is 9.89. The van der Waals surface area contributed by atoms with E-state index in [9.17, 15) is 18.5 Å². The van der Waals surface area contributed by atoms with Gasteiger partial charge in [-0.2, -0.15) is 0 Å². The molecule has 1 N–H and O–H groups in total. The van der Waals surface area contributed by atoms with E-state index in [4.69, 9.17) is 11.6 Å². The Morgan fingerprint density at radius 1 is 1.14 bits per heavy atom. The molecule has 0 unspecified atom stereocenters. The topological polar surface area (TPSA) is 89.3 Å². The van der Waals surface area contributed by atoms with Crippen LogP contribution in [0.25, 0.3) is 0 Å². The van der Waals surface area contributed by atoms with Crippen molar-refractivity contribution < 1.29 is 13.3 Å². The fourth-order valence-corrected chi connectivity index (χ4v) is 3.18. The van der Waals surface area contributed by atoms with Gasteiger partial charge in [0.2, 0.25) is 0 Å². The Morgan fingerprint density at radius 3 is 2.29 bits per heavy atom. The van der Waals surface area contributed by atoms with Crippen molar-refractivity contribution in [3.05, 3.63) is 63.2 Å². The number of para-hydroxylation sites is 1. The number of benzene rings is 2. The average Bonchev–Trinajstić information content (AvgIpc) is 2.43. The average molecular weight is 327 g/mol. The molecule has 0 saturated heterocycles. The molecule has 0 bridgehead atoms. The Bertz CT molecular complexity index is 768. The van der Waals surface area contributed by atoms with Gasteiger partial charge in [-0.1, -0.05) is 23.7 Å². The van der Waals surface area contributed by atoms with Gasteiger partial charge in [-0.05, 0) is 30.7 Å². The zero-order valence-corrected chi connectivity index (χ0v) is 12.5. The summed E-state index contributed by atoms with van der Waals surface area (Å²) >= 11 is 5.97. The zero-order chi connectivity index (χ0) is 15.6. The van der Waals surface area contributed by atoms with Crippen LogP contribution >= 0.6 is 11.6 Å². The molecule has 0 aliphatic rings. The Kier molecular flexibility index (Phi) is 4.15. The number of hydrogen-bond donors (Lipinski definition) is 1. The van der Waals surface area contributed by atoms with Crippen molar-refractivity contribution in [2.45, 2.75) is 11.8 Å². The van der Waals surface area contributed by atoms with Gasteiger partial charge < -0.3 is 0 Å². The van der Waals surface area contributed by atoms with Gasteiger partial charge in [0, 0.05) is 12.1 Å². The second-order valence-electron chi connectivity index (χ2n) is 4.29. The minimum Gasteiger partial charge on any atom is -0.278 e. The highest BCUT2D eigenvalue weighted by molar-refractivity contribution is 7.92. The predicted octanol–water partition coefficient (Wildman–Crippen LogP) is 3.36. The van der Waals surface area contributed by atoms with E-state index in [-0.39, 0.29) is 21.3 Å². The number of aryl methyl sites for hydroxylation is 1. The fraction of sp³-hybridized carbons (Fsp3) is 0.0769. The maximum Gasteiger partial charge on any atom is 0.269 e. The SMILES string of the molecule is Cc1cccc(Cl)c1NS(=O)(=O)c1ccc([N+](=O)[O-])cc1. The highest BCUT2D eigenvalue weighted by atomic mass is 35.5. The molecule has 0 aliphatic carbocycles. The first-order valence-electron chi connectivity index (χ1n) is 5.83. The molecule has 0 fully saturated rings. The highest BCUT2D eigenvalue weighted by Crippen LogP contribution is 2.28. The smallest absolute Gasteiger partial charge is 0.269 e. The Hall–Kier alpha value is -2.12. The molecular formula is C13H11ClN2O4S. The molecule has 0 radical (unpaired) electrons. The third-order valence-corrected chi connectivity index (χ3v) is 4.50. The molecule has 6 nitrogen and oxygen atoms in total. The van der Waals surface area contributed by atoms with Crippen molar-refractivity contribution in [3.63, 3.8) is 0 Å². The van der Waals surface area contributed by atoms with Crippen LogP contribution in [-0.4, -0.2) is 13.3 Å². The van der Waals surface area contributed by atoms with Gasteiger partial charge in [-0.15, -0.1) is 0 Å². The lowest BCUT2D eigenvalue weighted by Crippen LogP contribution is -2.14. The van der Waals surface area contributed by atoms with Gasteiger partial charge in [-0.3, -0.25) is 14.8 Å². The first-order valence-corrected chi connectivity index (χ1v) is 7.70. The van der Waals surface area contributed by atoms with Crippen LogP contribution in [0.3, 0.4) is 0 Å². The molecule has 110 valence electrons. The maximum atomic E-state index is 12.2. The Labute approximate surface area is 126 Å². The van der Waals surface area contributed by atoms with Crippen molar-refractivity contribution >= 4 is 33.0 Å². The molecule has 0 amide bonds. The van der Waals surface area contributed by atoms with Crippen molar-refractivity contribution in [2.24, 2.45) is 0 Å². The molecule has 2 aromatic carbocycles. The van der Waals surface area contributed by atoms with Crippen LogP contribution in [-0.2, 0) is 10.0 Å². The van der Waals surface area contributed by atoms with Gasteiger partial charge in [-0.25, -0.2) is 8.42 Å². The maximum absolute atomic E-state index is 12.2. The largest absolute Gasteiger partial charge is 0.278 e. The molecule has 0 saturated carbocycles. The quantitative estimate of drug-likeness (QED) is 0.689. The van der Waals surface area contributed by atoms with E-state index < -0.39 is 14.9 Å². The summed E-state index contributed by atoms with van der Waals surface area (Å²) in [6, 6.07) is 9.62. The number of sulfonamides is 1. The molecule has 2 aromatic rings. The van der Waals surface area contributed by atoms with Crippen molar-refractivity contribution in [1.29, 1.82) is 0 Å². The van der Waals surface area contributed by atoms with E-state index in [0.29, 0.717) is 5.56 Å². The van der Waals surface area contributed by atoms with Crippen LogP contribution in [0, 0.1) is 17.0 Å². The number of nitro groups is 1. The molecular weight excluding hydrogens is 316 g/mol. The summed E-state index contributed by atoms with van der Waals surface area (Å²) in [6.07, 6.45) is 0. The number of nitrogens with zero attached hydrogens (tertiary/aromatic N) is 1. The number of anilines is 1. The predicted molar refractivity (Wildman–Crippen MR) is 80.1 cm³/mol. The lowest BCUT2D eigenvalue weighted by Gasteiger charge is -2.12. The summed E-state index contributed by atoms with van der Waals surface area (Å²) in [5.41, 5.74) is 0.786. The molecule has 8 heteroatoms. The first-order chi connectivity index (χ1) is 9.81. The van der Waals surface area contributed by atoms with Gasteiger partial charge in [0.15, 0.2) is 0 Å². The molecule has 0 heterocycles. The number of nitro benzene ring substituents is 1. The van der Waals surface area contributed by atoms with E-state index in [1.165, 1.54) is 12.1 Å². The highest BCUT2D eigenvalue weighted by Gasteiger charge is 2.18. The monoisotopic (exact) mass is 326 g/mol. The number of rotatable bonds is 4. The molecule has 0 atom stereocenters. The lowest BCUT2D eigenvalue weighted by atomic mass is 10.2. The molecule has 0 spiro atoms. The van der Waals surface area contributed by atoms with Crippen molar-refractivity contribution in [3.8, 4) is 0 Å². The molecule has 2 rings (SSSR count). The second-order valence-corrected chi connectivity index (χ2v) is 6.38. The summed E-state index contributed by atoms with van der Waals surface area (Å²) in [5.74, 6) is 0. The van der Waals surface area contributed by atoms with E-state index >= 15 is 0 Å².